The Balaban J connectivity index is 3.41. The van der Waals surface area contributed by atoms with Gasteiger partial charge in [0.15, 0.2) is 24.7 Å². The lowest BCUT2D eigenvalue weighted by Gasteiger charge is -2.14. The molecule has 0 unspecified atom stereocenters. The van der Waals surface area contributed by atoms with Crippen LogP contribution in [0.3, 0.4) is 0 Å². The number of hydrogen-bond donors (Lipinski definition) is 2. The van der Waals surface area contributed by atoms with E-state index in [1.54, 1.807) is 37.3 Å². The summed E-state index contributed by atoms with van der Waals surface area (Å²) in [6.07, 6.45) is 3.61. The van der Waals surface area contributed by atoms with E-state index >= 15 is 0 Å². The summed E-state index contributed by atoms with van der Waals surface area (Å²) in [6.45, 7) is 1.68. The normalized spacial score (nSPS) is 14.4. The van der Waals surface area contributed by atoms with Crippen molar-refractivity contribution >= 4 is 25.8 Å². The van der Waals surface area contributed by atoms with E-state index < -0.39 is 19.7 Å². The van der Waals surface area contributed by atoms with Gasteiger partial charge >= 0.3 is 0 Å². The van der Waals surface area contributed by atoms with E-state index in [4.69, 9.17) is 5.73 Å². The van der Waals surface area contributed by atoms with Crippen molar-refractivity contribution < 1.29 is 16.8 Å². The summed E-state index contributed by atoms with van der Waals surface area (Å²) in [5, 5.41) is 1.96. The van der Waals surface area contributed by atoms with Crippen molar-refractivity contribution in [2.24, 2.45) is 5.73 Å². The van der Waals surface area contributed by atoms with Crippen LogP contribution < -0.4 is 11.1 Å². The van der Waals surface area contributed by atoms with Gasteiger partial charge in [0.2, 0.25) is 0 Å². The Bertz CT molecular complexity index is 793. The smallest absolute Gasteiger partial charge is 0.192 e. The summed E-state index contributed by atoms with van der Waals surface area (Å²) < 4.78 is 47.5. The number of nitrogens with one attached hydrogen (secondary N) is 1. The van der Waals surface area contributed by atoms with E-state index in [0.29, 0.717) is 5.56 Å². The SMILES string of the molecule is CCC(N)=C(NC(=Cc1ccccc1)S(C)(=O)=O)S(C)(=O)=O. The fraction of sp³-hybridized carbons (Fsp3) is 0.286. The summed E-state index contributed by atoms with van der Waals surface area (Å²) in [7, 11) is -7.35. The molecule has 0 fully saturated rings. The van der Waals surface area contributed by atoms with E-state index in [9.17, 15) is 16.8 Å². The van der Waals surface area contributed by atoms with Gasteiger partial charge in [0.05, 0.1) is 0 Å². The first-order valence-corrected chi connectivity index (χ1v) is 10.3. The van der Waals surface area contributed by atoms with E-state index in [1.165, 1.54) is 6.08 Å². The van der Waals surface area contributed by atoms with Gasteiger partial charge in [-0.05, 0) is 18.1 Å². The molecule has 0 saturated heterocycles. The molecular formula is C14H20N2O4S2. The van der Waals surface area contributed by atoms with Gasteiger partial charge in [-0.3, -0.25) is 0 Å². The molecule has 0 amide bonds. The minimum absolute atomic E-state index is 0.0742. The molecule has 0 aliphatic carbocycles. The van der Waals surface area contributed by atoms with Gasteiger partial charge in [-0.2, -0.15) is 0 Å². The maximum absolute atomic E-state index is 11.9. The van der Waals surface area contributed by atoms with Crippen LogP contribution in [-0.4, -0.2) is 29.3 Å². The van der Waals surface area contributed by atoms with Gasteiger partial charge in [-0.1, -0.05) is 37.3 Å². The van der Waals surface area contributed by atoms with E-state index in [1.807, 2.05) is 0 Å². The average molecular weight is 344 g/mol. The van der Waals surface area contributed by atoms with Crippen LogP contribution >= 0.6 is 0 Å². The van der Waals surface area contributed by atoms with Crippen LogP contribution in [0.2, 0.25) is 0 Å². The molecule has 0 aliphatic heterocycles. The number of benzene rings is 1. The quantitative estimate of drug-likeness (QED) is 0.803. The molecule has 0 radical (unpaired) electrons. The van der Waals surface area contributed by atoms with Gasteiger partial charge in [0, 0.05) is 18.2 Å². The number of sulfone groups is 2. The molecule has 3 N–H and O–H groups in total. The Hall–Kier alpha value is -1.80. The van der Waals surface area contributed by atoms with Crippen LogP contribution in [0.4, 0.5) is 0 Å². The molecule has 1 rings (SSSR count). The summed E-state index contributed by atoms with van der Waals surface area (Å²) in [6, 6.07) is 8.71. The molecule has 0 aromatic heterocycles. The maximum Gasteiger partial charge on any atom is 0.192 e. The minimum Gasteiger partial charge on any atom is -0.400 e. The monoisotopic (exact) mass is 344 g/mol. The predicted molar refractivity (Wildman–Crippen MR) is 88.7 cm³/mol. The molecule has 0 spiro atoms. The third kappa shape index (κ3) is 5.19. The van der Waals surface area contributed by atoms with Crippen molar-refractivity contribution in [2.75, 3.05) is 12.5 Å². The lowest BCUT2D eigenvalue weighted by molar-refractivity contribution is 0.602. The Morgan fingerprint density at radius 2 is 1.64 bits per heavy atom. The number of nitrogens with two attached hydrogens (primary N) is 1. The van der Waals surface area contributed by atoms with Gasteiger partial charge in [-0.15, -0.1) is 0 Å². The average Bonchev–Trinajstić information content (AvgIpc) is 2.41. The van der Waals surface area contributed by atoms with Crippen LogP contribution in [0.5, 0.6) is 0 Å². The van der Waals surface area contributed by atoms with Crippen LogP contribution in [0.15, 0.2) is 46.1 Å². The highest BCUT2D eigenvalue weighted by molar-refractivity contribution is 7.95. The number of rotatable bonds is 6. The molecule has 0 saturated carbocycles. The zero-order chi connectivity index (χ0) is 17.0. The Labute approximate surface area is 131 Å². The zero-order valence-corrected chi connectivity index (χ0v) is 14.3. The summed E-state index contributed by atoms with van der Waals surface area (Å²) in [4.78, 5) is 0. The zero-order valence-electron chi connectivity index (χ0n) is 12.7. The second kappa shape index (κ2) is 6.97. The molecule has 1 aromatic carbocycles. The van der Waals surface area contributed by atoms with Crippen LogP contribution in [0.25, 0.3) is 6.08 Å². The summed E-state index contributed by atoms with van der Waals surface area (Å²) in [5.74, 6) is 0. The molecular weight excluding hydrogens is 324 g/mol. The Morgan fingerprint density at radius 1 is 1.09 bits per heavy atom. The number of hydrogen-bond acceptors (Lipinski definition) is 6. The fourth-order valence-corrected chi connectivity index (χ4v) is 3.24. The lowest BCUT2D eigenvalue weighted by Crippen LogP contribution is -2.27. The van der Waals surface area contributed by atoms with Crippen molar-refractivity contribution in [1.29, 1.82) is 0 Å². The first-order chi connectivity index (χ1) is 10.1. The van der Waals surface area contributed by atoms with Gasteiger partial charge in [0.1, 0.15) is 5.03 Å². The molecule has 122 valence electrons. The van der Waals surface area contributed by atoms with Gasteiger partial charge < -0.3 is 11.1 Å². The second-order valence-electron chi connectivity index (χ2n) is 4.80. The lowest BCUT2D eigenvalue weighted by atomic mass is 10.2. The first kappa shape index (κ1) is 18.2. The first-order valence-electron chi connectivity index (χ1n) is 6.48. The van der Waals surface area contributed by atoms with Crippen molar-refractivity contribution in [1.82, 2.24) is 5.32 Å². The molecule has 0 heterocycles. The Kier molecular flexibility index (Phi) is 5.78. The summed E-state index contributed by atoms with van der Waals surface area (Å²) >= 11 is 0. The van der Waals surface area contributed by atoms with Crippen molar-refractivity contribution in [2.45, 2.75) is 13.3 Å². The molecule has 1 aromatic rings. The standard InChI is InChI=1S/C14H20N2O4S2/c1-4-12(15)14(22(3,19)20)16-13(21(2,17)18)10-11-8-6-5-7-9-11/h5-10,16H,4,15H2,1-3H3. The van der Waals surface area contributed by atoms with Crippen LogP contribution in [0, 0.1) is 0 Å². The molecule has 0 bridgehead atoms. The minimum atomic E-state index is -3.69. The van der Waals surface area contributed by atoms with Crippen LogP contribution in [0.1, 0.15) is 18.9 Å². The van der Waals surface area contributed by atoms with Crippen molar-refractivity contribution in [3.8, 4) is 0 Å². The number of allylic oxidation sites excluding steroid dienone is 1. The van der Waals surface area contributed by atoms with Gasteiger partial charge in [0.25, 0.3) is 0 Å². The summed E-state index contributed by atoms with van der Waals surface area (Å²) in [5.41, 5.74) is 6.40. The third-order valence-corrected chi connectivity index (χ3v) is 4.90. The predicted octanol–water partition coefficient (Wildman–Crippen LogP) is 1.20. The topological polar surface area (TPSA) is 106 Å². The largest absolute Gasteiger partial charge is 0.400 e. The van der Waals surface area contributed by atoms with E-state index in [-0.39, 0.29) is 22.2 Å². The molecule has 6 nitrogen and oxygen atoms in total. The van der Waals surface area contributed by atoms with Crippen molar-refractivity contribution in [3.05, 3.63) is 51.7 Å². The highest BCUT2D eigenvalue weighted by Crippen LogP contribution is 2.15. The Morgan fingerprint density at radius 3 is 2.05 bits per heavy atom. The van der Waals surface area contributed by atoms with E-state index in [0.717, 1.165) is 12.5 Å². The highest BCUT2D eigenvalue weighted by atomic mass is 32.2. The molecule has 0 atom stereocenters. The fourth-order valence-electron chi connectivity index (χ4n) is 1.62. The highest BCUT2D eigenvalue weighted by Gasteiger charge is 2.21. The van der Waals surface area contributed by atoms with Gasteiger partial charge in [-0.25, -0.2) is 16.8 Å². The van der Waals surface area contributed by atoms with E-state index in [2.05, 4.69) is 5.32 Å². The second-order valence-corrected chi connectivity index (χ2v) is 8.73. The van der Waals surface area contributed by atoms with Crippen molar-refractivity contribution in [3.63, 3.8) is 0 Å². The third-order valence-electron chi connectivity index (χ3n) is 2.78. The molecule has 22 heavy (non-hydrogen) atoms. The maximum atomic E-state index is 11.9. The molecule has 8 heteroatoms. The van der Waals surface area contributed by atoms with Crippen LogP contribution in [-0.2, 0) is 19.7 Å². The molecule has 0 aliphatic rings.